The molecule has 4 aromatic rings. The highest BCUT2D eigenvalue weighted by Gasteiger charge is 2.23. The summed E-state index contributed by atoms with van der Waals surface area (Å²) in [5.41, 5.74) is 2.05. The van der Waals surface area contributed by atoms with E-state index in [-0.39, 0.29) is 17.1 Å². The number of piperidine rings is 1. The Morgan fingerprint density at radius 1 is 0.967 bits per heavy atom. The van der Waals surface area contributed by atoms with Crippen LogP contribution in [0.25, 0.3) is 21.8 Å². The third kappa shape index (κ3) is 3.35. The van der Waals surface area contributed by atoms with Crippen LogP contribution in [-0.4, -0.2) is 39.1 Å². The number of halogens is 1. The number of aromatic amines is 2. The molecule has 2 N–H and O–H groups in total. The van der Waals surface area contributed by atoms with Crippen molar-refractivity contribution in [3.05, 3.63) is 80.9 Å². The van der Waals surface area contributed by atoms with Crippen molar-refractivity contribution in [2.45, 2.75) is 25.3 Å². The first-order valence-corrected chi connectivity index (χ1v) is 10.3. The first-order chi connectivity index (χ1) is 14.6. The van der Waals surface area contributed by atoms with E-state index >= 15 is 0 Å². The molecule has 1 aliphatic rings. The first kappa shape index (κ1) is 18.8. The van der Waals surface area contributed by atoms with E-state index in [9.17, 15) is 14.0 Å². The van der Waals surface area contributed by atoms with E-state index < -0.39 is 0 Å². The Labute approximate surface area is 172 Å². The zero-order chi connectivity index (χ0) is 20.7. The quantitative estimate of drug-likeness (QED) is 0.547. The van der Waals surface area contributed by atoms with Gasteiger partial charge in [0, 0.05) is 30.2 Å². The summed E-state index contributed by atoms with van der Waals surface area (Å²) in [4.78, 5) is 33.3. The number of H-pyrrole nitrogens is 2. The molecular formula is C23H23FN4O2. The maximum absolute atomic E-state index is 13.4. The molecule has 2 aromatic heterocycles. The van der Waals surface area contributed by atoms with E-state index in [0.29, 0.717) is 29.9 Å². The number of nitrogens with zero attached hydrogens (tertiary/aromatic N) is 2. The van der Waals surface area contributed by atoms with Crippen LogP contribution in [-0.2, 0) is 6.54 Å². The first-order valence-electron chi connectivity index (χ1n) is 10.3. The normalized spacial score (nSPS) is 15.9. The predicted octanol–water partition coefficient (Wildman–Crippen LogP) is 3.19. The van der Waals surface area contributed by atoms with Crippen LogP contribution in [0.4, 0.5) is 4.39 Å². The van der Waals surface area contributed by atoms with Crippen LogP contribution in [0.1, 0.15) is 24.3 Å². The Bertz CT molecular complexity index is 1330. The number of nitrogens with one attached hydrogen (secondary N) is 2. The lowest BCUT2D eigenvalue weighted by molar-refractivity contribution is 0.204. The zero-order valence-corrected chi connectivity index (χ0v) is 16.5. The molecule has 5 rings (SSSR count). The third-order valence-electron chi connectivity index (χ3n) is 6.23. The average molecular weight is 406 g/mol. The van der Waals surface area contributed by atoms with Gasteiger partial charge in [0.25, 0.3) is 5.56 Å². The summed E-state index contributed by atoms with van der Waals surface area (Å²) in [6, 6.07) is 12.0. The zero-order valence-electron chi connectivity index (χ0n) is 16.5. The molecular weight excluding hydrogens is 383 g/mol. The molecule has 154 valence electrons. The van der Waals surface area contributed by atoms with Gasteiger partial charge >= 0.3 is 5.69 Å². The predicted molar refractivity (Wildman–Crippen MR) is 116 cm³/mol. The molecule has 2 aromatic carbocycles. The molecule has 7 heteroatoms. The molecule has 30 heavy (non-hydrogen) atoms. The summed E-state index contributed by atoms with van der Waals surface area (Å²) in [5.74, 6) is 0.192. The fourth-order valence-electron chi connectivity index (χ4n) is 4.57. The van der Waals surface area contributed by atoms with Crippen LogP contribution in [0.2, 0.25) is 0 Å². The summed E-state index contributed by atoms with van der Waals surface area (Å²) < 4.78 is 14.7. The topological polar surface area (TPSA) is 73.9 Å². The van der Waals surface area contributed by atoms with Gasteiger partial charge in [0.15, 0.2) is 0 Å². The van der Waals surface area contributed by atoms with Crippen molar-refractivity contribution >= 4 is 21.8 Å². The van der Waals surface area contributed by atoms with Crippen molar-refractivity contribution in [3.63, 3.8) is 0 Å². The fourth-order valence-corrected chi connectivity index (χ4v) is 4.57. The lowest BCUT2D eigenvalue weighted by Gasteiger charge is -2.32. The van der Waals surface area contributed by atoms with Crippen molar-refractivity contribution in [2.24, 2.45) is 0 Å². The van der Waals surface area contributed by atoms with Crippen molar-refractivity contribution in [2.75, 3.05) is 19.6 Å². The maximum atomic E-state index is 13.4. The van der Waals surface area contributed by atoms with Gasteiger partial charge in [0.2, 0.25) is 0 Å². The summed E-state index contributed by atoms with van der Waals surface area (Å²) >= 11 is 0. The van der Waals surface area contributed by atoms with Crippen LogP contribution in [0.15, 0.2) is 58.3 Å². The van der Waals surface area contributed by atoms with Gasteiger partial charge in [0.05, 0.1) is 10.9 Å². The number of hydrogen-bond donors (Lipinski definition) is 2. The number of benzene rings is 2. The van der Waals surface area contributed by atoms with Gasteiger partial charge in [-0.1, -0.05) is 12.1 Å². The molecule has 0 amide bonds. The molecule has 3 heterocycles. The minimum absolute atomic E-state index is 0.232. The largest absolute Gasteiger partial charge is 0.361 e. The fraction of sp³-hybridized carbons (Fsp3) is 0.304. The van der Waals surface area contributed by atoms with Gasteiger partial charge in [-0.15, -0.1) is 0 Å². The SMILES string of the molecule is O=c1[nH]c2ccccc2c(=O)n1CCN1CCC(c2c[nH]c3cc(F)ccc23)CC1. The van der Waals surface area contributed by atoms with E-state index in [4.69, 9.17) is 0 Å². The molecule has 1 fully saturated rings. The number of likely N-dealkylation sites (tertiary alicyclic amines) is 1. The van der Waals surface area contributed by atoms with E-state index in [1.807, 2.05) is 12.3 Å². The molecule has 6 nitrogen and oxygen atoms in total. The van der Waals surface area contributed by atoms with Gasteiger partial charge in [-0.25, -0.2) is 9.18 Å². The van der Waals surface area contributed by atoms with E-state index in [1.54, 1.807) is 24.3 Å². The molecule has 0 saturated carbocycles. The number of rotatable bonds is 4. The van der Waals surface area contributed by atoms with Crippen molar-refractivity contribution < 1.29 is 4.39 Å². The van der Waals surface area contributed by atoms with Crippen molar-refractivity contribution in [3.8, 4) is 0 Å². The summed E-state index contributed by atoms with van der Waals surface area (Å²) in [6.07, 6.45) is 3.99. The molecule has 0 unspecified atom stereocenters. The minimum Gasteiger partial charge on any atom is -0.361 e. The monoisotopic (exact) mass is 406 g/mol. The van der Waals surface area contributed by atoms with Crippen LogP contribution >= 0.6 is 0 Å². The Morgan fingerprint density at radius 3 is 2.60 bits per heavy atom. The maximum Gasteiger partial charge on any atom is 0.328 e. The molecule has 0 atom stereocenters. The van der Waals surface area contributed by atoms with Gasteiger partial charge in [-0.2, -0.15) is 0 Å². The number of para-hydroxylation sites is 1. The van der Waals surface area contributed by atoms with Crippen LogP contribution in [0.3, 0.4) is 0 Å². The van der Waals surface area contributed by atoms with E-state index in [0.717, 1.165) is 36.8 Å². The Hall–Kier alpha value is -3.19. The molecule has 1 aliphatic heterocycles. The smallest absolute Gasteiger partial charge is 0.328 e. The average Bonchev–Trinajstić information content (AvgIpc) is 3.17. The highest BCUT2D eigenvalue weighted by atomic mass is 19.1. The summed E-state index contributed by atoms with van der Waals surface area (Å²) in [6.45, 7) is 2.83. The Morgan fingerprint density at radius 2 is 1.77 bits per heavy atom. The summed E-state index contributed by atoms with van der Waals surface area (Å²) in [5, 5.41) is 1.62. The molecule has 0 spiro atoms. The molecule has 0 radical (unpaired) electrons. The standard InChI is InChI=1S/C23H23FN4O2/c24-16-5-6-17-19(14-25-21(17)13-16)15-7-9-27(10-8-15)11-12-28-22(29)18-3-1-2-4-20(18)26-23(28)30/h1-6,13-15,25H,7-12H2,(H,26,30). The highest BCUT2D eigenvalue weighted by Crippen LogP contribution is 2.33. The van der Waals surface area contributed by atoms with E-state index in [1.165, 1.54) is 22.3 Å². The molecule has 0 bridgehead atoms. The van der Waals surface area contributed by atoms with Gasteiger partial charge in [-0.3, -0.25) is 9.36 Å². The van der Waals surface area contributed by atoms with Crippen molar-refractivity contribution in [1.29, 1.82) is 0 Å². The summed E-state index contributed by atoms with van der Waals surface area (Å²) in [7, 11) is 0. The molecule has 1 saturated heterocycles. The molecule has 0 aliphatic carbocycles. The van der Waals surface area contributed by atoms with Crippen LogP contribution in [0.5, 0.6) is 0 Å². The lowest BCUT2D eigenvalue weighted by Crippen LogP contribution is -2.41. The van der Waals surface area contributed by atoms with Gasteiger partial charge in [0.1, 0.15) is 5.82 Å². The highest BCUT2D eigenvalue weighted by molar-refractivity contribution is 5.83. The number of aromatic nitrogens is 3. The van der Waals surface area contributed by atoms with Gasteiger partial charge < -0.3 is 14.9 Å². The second-order valence-corrected chi connectivity index (χ2v) is 7.98. The van der Waals surface area contributed by atoms with E-state index in [2.05, 4.69) is 14.9 Å². The number of hydrogen-bond acceptors (Lipinski definition) is 3. The van der Waals surface area contributed by atoms with Crippen molar-refractivity contribution in [1.82, 2.24) is 19.4 Å². The number of fused-ring (bicyclic) bond motifs is 2. The van der Waals surface area contributed by atoms with Gasteiger partial charge in [-0.05, 0) is 67.7 Å². The second kappa shape index (κ2) is 7.57. The van der Waals surface area contributed by atoms with Crippen LogP contribution in [0, 0.1) is 5.82 Å². The minimum atomic E-state index is -0.361. The second-order valence-electron chi connectivity index (χ2n) is 7.98. The van der Waals surface area contributed by atoms with Crippen LogP contribution < -0.4 is 11.2 Å². The third-order valence-corrected chi connectivity index (χ3v) is 6.23. The Balaban J connectivity index is 1.26. The lowest BCUT2D eigenvalue weighted by atomic mass is 9.89. The Kier molecular flexibility index (Phi) is 4.75.